The van der Waals surface area contributed by atoms with Crippen molar-refractivity contribution in [3.8, 4) is 5.06 Å². The van der Waals surface area contributed by atoms with Crippen LogP contribution in [0.1, 0.15) is 23.0 Å². The minimum Gasteiger partial charge on any atom is -0.479 e. The summed E-state index contributed by atoms with van der Waals surface area (Å²) in [5.74, 6) is -0.231. The van der Waals surface area contributed by atoms with Gasteiger partial charge < -0.3 is 9.84 Å². The molecule has 0 spiro atoms. The zero-order valence-corrected chi connectivity index (χ0v) is 9.45. The molecule has 0 aromatic carbocycles. The highest BCUT2D eigenvalue weighted by atomic mass is 32.1. The summed E-state index contributed by atoms with van der Waals surface area (Å²) in [6.07, 6.45) is 0.393. The summed E-state index contributed by atoms with van der Waals surface area (Å²) in [5, 5.41) is 19.3. The van der Waals surface area contributed by atoms with Crippen LogP contribution in [0, 0.1) is 10.1 Å². The molecule has 1 rings (SSSR count). The minimum absolute atomic E-state index is 0.0429. The molecule has 0 aliphatic rings. The average molecular weight is 245 g/mol. The molecular formula is C9H11NO5S. The zero-order chi connectivity index (χ0) is 12.1. The Morgan fingerprint density at radius 2 is 2.38 bits per heavy atom. The lowest BCUT2D eigenvalue weighted by molar-refractivity contribution is -0.385. The molecule has 0 atom stereocenters. The van der Waals surface area contributed by atoms with Crippen molar-refractivity contribution in [1.29, 1.82) is 0 Å². The third-order valence-corrected chi connectivity index (χ3v) is 2.90. The van der Waals surface area contributed by atoms with Crippen LogP contribution in [-0.2, 0) is 0 Å². The lowest BCUT2D eigenvalue weighted by Crippen LogP contribution is -1.99. The second-order valence-corrected chi connectivity index (χ2v) is 4.04. The number of carbonyl (C=O) groups is 1. The largest absolute Gasteiger partial charge is 0.479 e. The maximum atomic E-state index is 11.1. The summed E-state index contributed by atoms with van der Waals surface area (Å²) in [6.45, 7) is 1.49. The summed E-state index contributed by atoms with van der Waals surface area (Å²) in [6, 6.07) is 1.21. The van der Waals surface area contributed by atoms with Gasteiger partial charge in [-0.25, -0.2) is 0 Å². The van der Waals surface area contributed by atoms with Crippen LogP contribution in [0.15, 0.2) is 6.07 Å². The summed E-state index contributed by atoms with van der Waals surface area (Å²) < 4.78 is 5.13. The van der Waals surface area contributed by atoms with Gasteiger partial charge in [0.2, 0.25) is 0 Å². The standard InChI is InChI=1S/C9H11NO5S/c1-6(12)8-5-7(10(13)14)9(16-8)15-4-2-3-11/h5,11H,2-4H2,1H3. The quantitative estimate of drug-likeness (QED) is 0.356. The first-order valence-electron chi connectivity index (χ1n) is 4.59. The second-order valence-electron chi connectivity index (χ2n) is 3.02. The summed E-state index contributed by atoms with van der Waals surface area (Å²) in [5.41, 5.74) is -0.201. The van der Waals surface area contributed by atoms with Gasteiger partial charge in [-0.15, -0.1) is 0 Å². The maximum absolute atomic E-state index is 11.1. The summed E-state index contributed by atoms with van der Waals surface area (Å²) in [4.78, 5) is 21.4. The van der Waals surface area contributed by atoms with E-state index in [9.17, 15) is 14.9 Å². The zero-order valence-electron chi connectivity index (χ0n) is 8.63. The van der Waals surface area contributed by atoms with Crippen LogP contribution in [0.4, 0.5) is 5.69 Å². The number of nitrogens with zero attached hydrogens (tertiary/aromatic N) is 1. The molecule has 0 radical (unpaired) electrons. The third-order valence-electron chi connectivity index (χ3n) is 1.76. The normalized spacial score (nSPS) is 10.1. The van der Waals surface area contributed by atoms with E-state index < -0.39 is 4.92 Å². The van der Waals surface area contributed by atoms with Gasteiger partial charge in [-0.05, 0) is 6.92 Å². The van der Waals surface area contributed by atoms with Crippen molar-refractivity contribution in [3.05, 3.63) is 21.1 Å². The Labute approximate surface area is 95.6 Å². The van der Waals surface area contributed by atoms with E-state index in [1.54, 1.807) is 0 Å². The summed E-state index contributed by atoms with van der Waals surface area (Å²) in [7, 11) is 0. The van der Waals surface area contributed by atoms with E-state index in [0.29, 0.717) is 11.3 Å². The molecule has 0 bridgehead atoms. The van der Waals surface area contributed by atoms with Gasteiger partial charge in [0.25, 0.3) is 5.06 Å². The molecule has 0 amide bonds. The summed E-state index contributed by atoms with van der Waals surface area (Å²) >= 11 is 0.951. The molecule has 88 valence electrons. The van der Waals surface area contributed by atoms with Gasteiger partial charge in [-0.2, -0.15) is 0 Å². The van der Waals surface area contributed by atoms with E-state index in [1.807, 2.05) is 0 Å². The highest BCUT2D eigenvalue weighted by Crippen LogP contribution is 2.37. The number of aliphatic hydroxyl groups is 1. The van der Waals surface area contributed by atoms with E-state index in [4.69, 9.17) is 9.84 Å². The van der Waals surface area contributed by atoms with Crippen LogP contribution in [0.2, 0.25) is 0 Å². The molecule has 7 heteroatoms. The molecule has 0 saturated heterocycles. The van der Waals surface area contributed by atoms with Crippen molar-refractivity contribution in [2.75, 3.05) is 13.2 Å². The molecule has 1 aromatic heterocycles. The topological polar surface area (TPSA) is 89.7 Å². The number of hydrogen-bond acceptors (Lipinski definition) is 6. The Morgan fingerprint density at radius 1 is 1.69 bits per heavy atom. The molecule has 1 heterocycles. The Balaban J connectivity index is 2.87. The van der Waals surface area contributed by atoms with Gasteiger partial charge in [-0.1, -0.05) is 11.3 Å². The molecule has 16 heavy (non-hydrogen) atoms. The van der Waals surface area contributed by atoms with Crippen molar-refractivity contribution in [1.82, 2.24) is 0 Å². The van der Waals surface area contributed by atoms with Crippen molar-refractivity contribution in [2.45, 2.75) is 13.3 Å². The van der Waals surface area contributed by atoms with Gasteiger partial charge in [-0.3, -0.25) is 14.9 Å². The number of ketones is 1. The number of rotatable bonds is 6. The molecule has 0 saturated carbocycles. The van der Waals surface area contributed by atoms with E-state index in [1.165, 1.54) is 13.0 Å². The number of ether oxygens (including phenoxy) is 1. The van der Waals surface area contributed by atoms with Crippen LogP contribution in [0.5, 0.6) is 5.06 Å². The second kappa shape index (κ2) is 5.57. The van der Waals surface area contributed by atoms with E-state index in [-0.39, 0.29) is 29.7 Å². The minimum atomic E-state index is -0.586. The van der Waals surface area contributed by atoms with Gasteiger partial charge in [0.05, 0.1) is 16.4 Å². The predicted octanol–water partition coefficient (Wildman–Crippen LogP) is 1.62. The fourth-order valence-electron chi connectivity index (χ4n) is 0.998. The number of Topliss-reactive ketones (excluding diaryl/α,β-unsaturated/α-hetero) is 1. The highest BCUT2D eigenvalue weighted by molar-refractivity contribution is 7.16. The van der Waals surface area contributed by atoms with Crippen molar-refractivity contribution in [2.24, 2.45) is 0 Å². The lowest BCUT2D eigenvalue weighted by atomic mass is 10.3. The SMILES string of the molecule is CC(=O)c1cc([N+](=O)[O-])c(OCCCO)s1. The van der Waals surface area contributed by atoms with Gasteiger partial charge >= 0.3 is 5.69 Å². The molecule has 0 aliphatic heterocycles. The Kier molecular flexibility index (Phi) is 4.39. The van der Waals surface area contributed by atoms with Crippen LogP contribution < -0.4 is 4.74 Å². The number of carbonyl (C=O) groups excluding carboxylic acids is 1. The van der Waals surface area contributed by atoms with Crippen LogP contribution >= 0.6 is 11.3 Å². The van der Waals surface area contributed by atoms with E-state index >= 15 is 0 Å². The Hall–Kier alpha value is -1.47. The van der Waals surface area contributed by atoms with E-state index in [2.05, 4.69) is 0 Å². The first kappa shape index (κ1) is 12.6. The molecule has 1 N–H and O–H groups in total. The molecule has 6 nitrogen and oxygen atoms in total. The molecule has 0 unspecified atom stereocenters. The highest BCUT2D eigenvalue weighted by Gasteiger charge is 2.22. The average Bonchev–Trinajstić information content (AvgIpc) is 2.62. The Bertz CT molecular complexity index is 401. The third kappa shape index (κ3) is 3.01. The smallest absolute Gasteiger partial charge is 0.323 e. The van der Waals surface area contributed by atoms with E-state index in [0.717, 1.165) is 11.3 Å². The van der Waals surface area contributed by atoms with Gasteiger partial charge in [0.1, 0.15) is 0 Å². The number of nitro groups is 1. The Morgan fingerprint density at radius 3 is 2.88 bits per heavy atom. The first-order chi connectivity index (χ1) is 7.56. The lowest BCUT2D eigenvalue weighted by Gasteiger charge is -2.00. The molecule has 1 aromatic rings. The van der Waals surface area contributed by atoms with Crippen LogP contribution in [-0.4, -0.2) is 29.0 Å². The first-order valence-corrected chi connectivity index (χ1v) is 5.40. The predicted molar refractivity (Wildman–Crippen MR) is 58.2 cm³/mol. The molecule has 0 aliphatic carbocycles. The number of hydrogen-bond donors (Lipinski definition) is 1. The van der Waals surface area contributed by atoms with Crippen LogP contribution in [0.3, 0.4) is 0 Å². The monoisotopic (exact) mass is 245 g/mol. The fraction of sp³-hybridized carbons (Fsp3) is 0.444. The van der Waals surface area contributed by atoms with Crippen molar-refractivity contribution in [3.63, 3.8) is 0 Å². The number of aliphatic hydroxyl groups excluding tert-OH is 1. The molecular weight excluding hydrogens is 234 g/mol. The maximum Gasteiger partial charge on any atom is 0.323 e. The van der Waals surface area contributed by atoms with Crippen LogP contribution in [0.25, 0.3) is 0 Å². The molecule has 0 fully saturated rings. The fourth-order valence-corrected chi connectivity index (χ4v) is 1.89. The van der Waals surface area contributed by atoms with Gasteiger partial charge in [0, 0.05) is 19.1 Å². The van der Waals surface area contributed by atoms with Gasteiger partial charge in [0.15, 0.2) is 5.78 Å². The van der Waals surface area contributed by atoms with Crippen molar-refractivity contribution >= 4 is 22.8 Å². The number of thiophene rings is 1. The van der Waals surface area contributed by atoms with Crippen molar-refractivity contribution < 1.29 is 19.6 Å².